The fraction of sp³-hybridized carbons (Fsp3) is 0.258. The Kier molecular flexibility index (Phi) is 8.04. The number of hydrogen-bond donors (Lipinski definition) is 2. The molecule has 0 spiro atoms. The number of carboxylic acids is 1. The first-order valence-corrected chi connectivity index (χ1v) is 12.6. The molecule has 1 atom stereocenters. The first kappa shape index (κ1) is 27.4. The number of benzene rings is 3. The fourth-order valence-electron chi connectivity index (χ4n) is 4.52. The van der Waals surface area contributed by atoms with Crippen LogP contribution in [-0.4, -0.2) is 46.5 Å². The molecule has 202 valence electrons. The van der Waals surface area contributed by atoms with Crippen LogP contribution < -0.4 is 9.47 Å². The van der Waals surface area contributed by atoms with Crippen molar-refractivity contribution in [1.82, 2.24) is 4.90 Å². The number of hydrogen-bond acceptors (Lipinski definition) is 6. The molecule has 0 aromatic heterocycles. The van der Waals surface area contributed by atoms with Crippen LogP contribution in [0.2, 0.25) is 0 Å². The van der Waals surface area contributed by atoms with Gasteiger partial charge in [0.1, 0.15) is 17.3 Å². The zero-order valence-electron chi connectivity index (χ0n) is 22.3. The molecule has 1 amide bonds. The Morgan fingerprint density at radius 3 is 2.28 bits per heavy atom. The lowest BCUT2D eigenvalue weighted by Crippen LogP contribution is -2.29. The highest BCUT2D eigenvalue weighted by Crippen LogP contribution is 2.41. The van der Waals surface area contributed by atoms with Gasteiger partial charge in [0.2, 0.25) is 0 Å². The second-order valence-corrected chi connectivity index (χ2v) is 9.89. The predicted octanol–water partition coefficient (Wildman–Crippen LogP) is 5.36. The number of carbonyl (C=O) groups excluding carboxylic acids is 2. The molecular formula is C31H31NO7. The number of aromatic carboxylic acids is 1. The summed E-state index contributed by atoms with van der Waals surface area (Å²) in [4.78, 5) is 39.3. The first-order valence-electron chi connectivity index (χ1n) is 12.6. The second kappa shape index (κ2) is 11.4. The van der Waals surface area contributed by atoms with Crippen LogP contribution >= 0.6 is 0 Å². The number of likely N-dealkylation sites (tertiary alicyclic amines) is 1. The van der Waals surface area contributed by atoms with Crippen LogP contribution in [-0.2, 0) is 16.1 Å². The van der Waals surface area contributed by atoms with E-state index in [0.29, 0.717) is 40.7 Å². The Bertz CT molecular complexity index is 1440. The highest BCUT2D eigenvalue weighted by Gasteiger charge is 2.46. The summed E-state index contributed by atoms with van der Waals surface area (Å²) in [5.74, 6) is -1.36. The fourth-order valence-corrected chi connectivity index (χ4v) is 4.52. The van der Waals surface area contributed by atoms with Crippen LogP contribution in [0.5, 0.6) is 11.5 Å². The highest BCUT2D eigenvalue weighted by molar-refractivity contribution is 6.46. The largest absolute Gasteiger partial charge is 0.507 e. The van der Waals surface area contributed by atoms with Crippen molar-refractivity contribution < 1.29 is 34.1 Å². The van der Waals surface area contributed by atoms with Gasteiger partial charge in [-0.25, -0.2) is 4.79 Å². The standard InChI is InChI=1S/C31H31NO7/c1-18(2)17-39-25-13-12-23(14-19(25)3)28(33)26-27(22-6-5-7-24(15-22)38-4)32(30(35)29(26)34)16-20-8-10-21(11-9-20)31(36)37/h5-15,18,27,33H,16-17H2,1-4H3,(H,36,37)/b28-26-. The number of aryl methyl sites for hydroxylation is 1. The summed E-state index contributed by atoms with van der Waals surface area (Å²) >= 11 is 0. The summed E-state index contributed by atoms with van der Waals surface area (Å²) in [5.41, 5.74) is 2.47. The molecule has 2 N–H and O–H groups in total. The van der Waals surface area contributed by atoms with E-state index in [1.54, 1.807) is 54.6 Å². The SMILES string of the molecule is COc1cccc(C2/C(=C(/O)c3ccc(OCC(C)C)c(C)c3)C(=O)C(=O)N2Cc2ccc(C(=O)O)cc2)c1. The van der Waals surface area contributed by atoms with Crippen LogP contribution in [0.1, 0.15) is 52.5 Å². The van der Waals surface area contributed by atoms with E-state index in [9.17, 15) is 24.6 Å². The molecule has 1 unspecified atom stereocenters. The smallest absolute Gasteiger partial charge is 0.335 e. The molecule has 0 radical (unpaired) electrons. The molecule has 4 rings (SSSR count). The maximum atomic E-state index is 13.4. The molecule has 1 aliphatic rings. The Balaban J connectivity index is 1.79. The second-order valence-electron chi connectivity index (χ2n) is 9.89. The number of methoxy groups -OCH3 is 1. The molecule has 1 heterocycles. The van der Waals surface area contributed by atoms with Crippen molar-refractivity contribution >= 4 is 23.4 Å². The van der Waals surface area contributed by atoms with E-state index >= 15 is 0 Å². The van der Waals surface area contributed by atoms with Crippen molar-refractivity contribution in [2.45, 2.75) is 33.4 Å². The number of carboxylic acid groups (broad SMARTS) is 1. The number of carbonyl (C=O) groups is 3. The quantitative estimate of drug-likeness (QED) is 0.218. The average molecular weight is 530 g/mol. The molecule has 3 aromatic carbocycles. The van der Waals surface area contributed by atoms with Gasteiger partial charge in [-0.2, -0.15) is 0 Å². The van der Waals surface area contributed by atoms with Gasteiger partial charge in [-0.3, -0.25) is 9.59 Å². The predicted molar refractivity (Wildman–Crippen MR) is 146 cm³/mol. The molecular weight excluding hydrogens is 498 g/mol. The van der Waals surface area contributed by atoms with E-state index in [0.717, 1.165) is 5.56 Å². The molecule has 39 heavy (non-hydrogen) atoms. The first-order chi connectivity index (χ1) is 18.6. The van der Waals surface area contributed by atoms with Crippen molar-refractivity contribution in [1.29, 1.82) is 0 Å². The Hall–Kier alpha value is -4.59. The Morgan fingerprint density at radius 1 is 0.974 bits per heavy atom. The third-order valence-corrected chi connectivity index (χ3v) is 6.52. The highest BCUT2D eigenvalue weighted by atomic mass is 16.5. The van der Waals surface area contributed by atoms with Crippen LogP contribution in [0.25, 0.3) is 5.76 Å². The molecule has 1 saturated heterocycles. The van der Waals surface area contributed by atoms with Crippen molar-refractivity contribution in [2.24, 2.45) is 5.92 Å². The van der Waals surface area contributed by atoms with Gasteiger partial charge >= 0.3 is 5.97 Å². The number of aliphatic hydroxyl groups is 1. The van der Waals surface area contributed by atoms with Gasteiger partial charge in [0.15, 0.2) is 0 Å². The van der Waals surface area contributed by atoms with Gasteiger partial charge in [-0.1, -0.05) is 38.1 Å². The minimum absolute atomic E-state index is 0.0319. The summed E-state index contributed by atoms with van der Waals surface area (Å²) in [6.07, 6.45) is 0. The van der Waals surface area contributed by atoms with Crippen LogP contribution in [0, 0.1) is 12.8 Å². The minimum atomic E-state index is -1.06. The lowest BCUT2D eigenvalue weighted by molar-refractivity contribution is -0.140. The average Bonchev–Trinajstić information content (AvgIpc) is 3.17. The lowest BCUT2D eigenvalue weighted by atomic mass is 9.94. The maximum absolute atomic E-state index is 13.4. The van der Waals surface area contributed by atoms with E-state index in [-0.39, 0.29) is 23.4 Å². The topological polar surface area (TPSA) is 113 Å². The number of rotatable bonds is 9. The van der Waals surface area contributed by atoms with Crippen molar-refractivity contribution in [2.75, 3.05) is 13.7 Å². The zero-order chi connectivity index (χ0) is 28.3. The van der Waals surface area contributed by atoms with Gasteiger partial charge in [0.25, 0.3) is 11.7 Å². The van der Waals surface area contributed by atoms with Crippen LogP contribution in [0.15, 0.2) is 72.3 Å². The zero-order valence-corrected chi connectivity index (χ0v) is 22.3. The summed E-state index contributed by atoms with van der Waals surface area (Å²) < 4.78 is 11.2. The minimum Gasteiger partial charge on any atom is -0.507 e. The van der Waals surface area contributed by atoms with Gasteiger partial charge in [0.05, 0.1) is 30.9 Å². The molecule has 1 fully saturated rings. The van der Waals surface area contributed by atoms with E-state index in [1.165, 1.54) is 24.1 Å². The summed E-state index contributed by atoms with van der Waals surface area (Å²) in [6, 6.07) is 17.3. The van der Waals surface area contributed by atoms with Gasteiger partial charge in [-0.05, 0) is 72.0 Å². The molecule has 1 aliphatic heterocycles. The summed E-state index contributed by atoms with van der Waals surface area (Å²) in [5, 5.41) is 20.6. The third kappa shape index (κ3) is 5.80. The lowest BCUT2D eigenvalue weighted by Gasteiger charge is -2.26. The molecule has 8 heteroatoms. The monoisotopic (exact) mass is 529 g/mol. The van der Waals surface area contributed by atoms with E-state index in [1.807, 2.05) is 20.8 Å². The summed E-state index contributed by atoms with van der Waals surface area (Å²) in [7, 11) is 1.52. The molecule has 0 aliphatic carbocycles. The van der Waals surface area contributed by atoms with E-state index in [2.05, 4.69) is 0 Å². The van der Waals surface area contributed by atoms with E-state index < -0.39 is 23.7 Å². The number of ketones is 1. The maximum Gasteiger partial charge on any atom is 0.335 e. The molecule has 0 bridgehead atoms. The molecule has 3 aromatic rings. The van der Waals surface area contributed by atoms with Crippen LogP contribution in [0.3, 0.4) is 0 Å². The Labute approximate surface area is 227 Å². The van der Waals surface area contributed by atoms with E-state index in [4.69, 9.17) is 9.47 Å². The van der Waals surface area contributed by atoms with Gasteiger partial charge in [-0.15, -0.1) is 0 Å². The number of aliphatic hydroxyl groups excluding tert-OH is 1. The van der Waals surface area contributed by atoms with Crippen molar-refractivity contribution in [3.05, 3.63) is 100 Å². The molecule has 0 saturated carbocycles. The Morgan fingerprint density at radius 2 is 1.67 bits per heavy atom. The molecule has 8 nitrogen and oxygen atoms in total. The number of Topliss-reactive ketones (excluding diaryl/α,β-unsaturated/α-hetero) is 1. The number of ether oxygens (including phenoxy) is 2. The van der Waals surface area contributed by atoms with Gasteiger partial charge in [0, 0.05) is 12.1 Å². The number of amides is 1. The third-order valence-electron chi connectivity index (χ3n) is 6.52. The van der Waals surface area contributed by atoms with Crippen LogP contribution in [0.4, 0.5) is 0 Å². The van der Waals surface area contributed by atoms with Gasteiger partial charge < -0.3 is 24.6 Å². The van der Waals surface area contributed by atoms with Crippen molar-refractivity contribution in [3.8, 4) is 11.5 Å². The van der Waals surface area contributed by atoms with Crippen molar-refractivity contribution in [3.63, 3.8) is 0 Å². The normalized spacial score (nSPS) is 16.5. The number of nitrogens with zero attached hydrogens (tertiary/aromatic N) is 1. The summed E-state index contributed by atoms with van der Waals surface area (Å²) in [6.45, 7) is 6.53.